The van der Waals surface area contributed by atoms with Crippen molar-refractivity contribution in [3.05, 3.63) is 35.1 Å². The summed E-state index contributed by atoms with van der Waals surface area (Å²) < 4.78 is 13.5. The first kappa shape index (κ1) is 14.0. The topological polar surface area (TPSA) is 35.8 Å². The van der Waals surface area contributed by atoms with Crippen molar-refractivity contribution < 1.29 is 4.39 Å². The second-order valence-electron chi connectivity index (χ2n) is 4.11. The molecule has 0 amide bonds. The molecule has 0 aliphatic carbocycles. The Morgan fingerprint density at radius 3 is 2.88 bits per heavy atom. The number of nitrogens with zero attached hydrogens (tertiary/aromatic N) is 1. The van der Waals surface area contributed by atoms with E-state index in [4.69, 9.17) is 5.26 Å². The van der Waals surface area contributed by atoms with E-state index in [0.29, 0.717) is 23.6 Å². The van der Waals surface area contributed by atoms with Crippen LogP contribution in [0.25, 0.3) is 0 Å². The molecule has 0 spiro atoms. The molecule has 1 N–H and O–H groups in total. The van der Waals surface area contributed by atoms with Gasteiger partial charge in [-0.1, -0.05) is 13.0 Å². The van der Waals surface area contributed by atoms with Gasteiger partial charge in [0.2, 0.25) is 0 Å². The average Bonchev–Trinajstić information content (AvgIpc) is 2.31. The highest BCUT2D eigenvalue weighted by atomic mass is 32.2. The SMILES string of the molecule is CSCC(C)CNCc1ccc(C#N)cc1F. The third-order valence-corrected chi connectivity index (χ3v) is 3.34. The summed E-state index contributed by atoms with van der Waals surface area (Å²) in [6, 6.07) is 6.51. The maximum atomic E-state index is 13.5. The van der Waals surface area contributed by atoms with Gasteiger partial charge in [0.25, 0.3) is 0 Å². The Hall–Kier alpha value is -1.05. The molecule has 1 rings (SSSR count). The number of nitrogens with one attached hydrogen (secondary N) is 1. The molecular weight excluding hydrogens is 235 g/mol. The van der Waals surface area contributed by atoms with Gasteiger partial charge < -0.3 is 5.32 Å². The van der Waals surface area contributed by atoms with Crippen LogP contribution in [0, 0.1) is 23.1 Å². The van der Waals surface area contributed by atoms with Crippen molar-refractivity contribution in [3.8, 4) is 6.07 Å². The molecule has 92 valence electrons. The van der Waals surface area contributed by atoms with Gasteiger partial charge in [0.05, 0.1) is 11.6 Å². The fourth-order valence-electron chi connectivity index (χ4n) is 1.56. The van der Waals surface area contributed by atoms with Gasteiger partial charge >= 0.3 is 0 Å². The second kappa shape index (κ2) is 7.31. The molecule has 0 saturated heterocycles. The van der Waals surface area contributed by atoms with E-state index in [1.165, 1.54) is 6.07 Å². The smallest absolute Gasteiger partial charge is 0.129 e. The third kappa shape index (κ3) is 4.76. The van der Waals surface area contributed by atoms with Crippen LogP contribution in [-0.2, 0) is 6.54 Å². The molecule has 1 atom stereocenters. The second-order valence-corrected chi connectivity index (χ2v) is 5.02. The van der Waals surface area contributed by atoms with Crippen LogP contribution in [0.1, 0.15) is 18.1 Å². The van der Waals surface area contributed by atoms with Gasteiger partial charge in [-0.2, -0.15) is 17.0 Å². The van der Waals surface area contributed by atoms with E-state index in [9.17, 15) is 4.39 Å². The van der Waals surface area contributed by atoms with Crippen LogP contribution >= 0.6 is 11.8 Å². The van der Waals surface area contributed by atoms with E-state index >= 15 is 0 Å². The summed E-state index contributed by atoms with van der Waals surface area (Å²) >= 11 is 1.81. The number of hydrogen-bond acceptors (Lipinski definition) is 3. The van der Waals surface area contributed by atoms with E-state index in [1.807, 2.05) is 17.8 Å². The van der Waals surface area contributed by atoms with Crippen LogP contribution in [0.4, 0.5) is 4.39 Å². The molecule has 0 saturated carbocycles. The minimum atomic E-state index is -0.311. The maximum Gasteiger partial charge on any atom is 0.129 e. The summed E-state index contributed by atoms with van der Waals surface area (Å²) in [6.07, 6.45) is 2.08. The van der Waals surface area contributed by atoms with Crippen LogP contribution in [0.5, 0.6) is 0 Å². The molecule has 0 radical (unpaired) electrons. The van der Waals surface area contributed by atoms with Gasteiger partial charge in [0.15, 0.2) is 0 Å². The fourth-order valence-corrected chi connectivity index (χ4v) is 2.24. The highest BCUT2D eigenvalue weighted by Gasteiger charge is 2.04. The summed E-state index contributed by atoms with van der Waals surface area (Å²) in [5.41, 5.74) is 0.974. The van der Waals surface area contributed by atoms with Crippen LogP contribution in [0.2, 0.25) is 0 Å². The number of thioether (sulfide) groups is 1. The minimum absolute atomic E-state index is 0.311. The first-order valence-corrected chi connectivity index (χ1v) is 6.95. The van der Waals surface area contributed by atoms with Gasteiger partial charge in [0.1, 0.15) is 5.82 Å². The standard InChI is InChI=1S/C13H17FN2S/c1-10(9-17-2)7-16-8-12-4-3-11(6-15)5-13(12)14/h3-5,10,16H,7-9H2,1-2H3. The van der Waals surface area contributed by atoms with Crippen molar-refractivity contribution >= 4 is 11.8 Å². The van der Waals surface area contributed by atoms with Gasteiger partial charge in [-0.15, -0.1) is 0 Å². The van der Waals surface area contributed by atoms with E-state index in [2.05, 4.69) is 18.5 Å². The largest absolute Gasteiger partial charge is 0.312 e. The van der Waals surface area contributed by atoms with Gasteiger partial charge in [0, 0.05) is 12.1 Å². The quantitative estimate of drug-likeness (QED) is 0.845. The van der Waals surface area contributed by atoms with Crippen molar-refractivity contribution in [2.45, 2.75) is 13.5 Å². The molecule has 0 bridgehead atoms. The Morgan fingerprint density at radius 2 is 2.29 bits per heavy atom. The highest BCUT2D eigenvalue weighted by molar-refractivity contribution is 7.98. The van der Waals surface area contributed by atoms with Crippen molar-refractivity contribution in [1.29, 1.82) is 5.26 Å². The number of rotatable bonds is 6. The van der Waals surface area contributed by atoms with Gasteiger partial charge in [-0.3, -0.25) is 0 Å². The lowest BCUT2D eigenvalue weighted by Gasteiger charge is -2.11. The first-order chi connectivity index (χ1) is 8.17. The molecule has 0 aliphatic rings. The summed E-state index contributed by atoms with van der Waals surface area (Å²) in [5, 5.41) is 11.9. The molecular formula is C13H17FN2S. The Bertz CT molecular complexity index is 401. The fraction of sp³-hybridized carbons (Fsp3) is 0.462. The minimum Gasteiger partial charge on any atom is -0.312 e. The predicted molar refractivity (Wildman–Crippen MR) is 70.4 cm³/mol. The lowest BCUT2D eigenvalue weighted by atomic mass is 10.1. The average molecular weight is 252 g/mol. The number of benzene rings is 1. The van der Waals surface area contributed by atoms with E-state index in [0.717, 1.165) is 12.3 Å². The van der Waals surface area contributed by atoms with E-state index < -0.39 is 0 Å². The number of hydrogen-bond donors (Lipinski definition) is 1. The maximum absolute atomic E-state index is 13.5. The molecule has 17 heavy (non-hydrogen) atoms. The molecule has 1 unspecified atom stereocenters. The summed E-state index contributed by atoms with van der Waals surface area (Å²) in [5.74, 6) is 1.36. The van der Waals surface area contributed by atoms with Crippen molar-refractivity contribution in [3.63, 3.8) is 0 Å². The summed E-state index contributed by atoms with van der Waals surface area (Å²) in [6.45, 7) is 3.55. The van der Waals surface area contributed by atoms with Crippen LogP contribution < -0.4 is 5.32 Å². The molecule has 0 fully saturated rings. The normalized spacial score (nSPS) is 12.1. The monoisotopic (exact) mass is 252 g/mol. The zero-order valence-electron chi connectivity index (χ0n) is 10.2. The molecule has 0 aromatic heterocycles. The molecule has 0 heterocycles. The number of nitriles is 1. The lowest BCUT2D eigenvalue weighted by molar-refractivity contribution is 0.540. The zero-order valence-corrected chi connectivity index (χ0v) is 11.0. The van der Waals surface area contributed by atoms with Crippen LogP contribution in [0.3, 0.4) is 0 Å². The summed E-state index contributed by atoms with van der Waals surface area (Å²) in [7, 11) is 0. The summed E-state index contributed by atoms with van der Waals surface area (Å²) in [4.78, 5) is 0. The van der Waals surface area contributed by atoms with Gasteiger partial charge in [-0.25, -0.2) is 4.39 Å². The van der Waals surface area contributed by atoms with Crippen molar-refractivity contribution in [1.82, 2.24) is 5.32 Å². The Labute approximate surface area is 106 Å². The van der Waals surface area contributed by atoms with E-state index in [-0.39, 0.29) is 5.82 Å². The first-order valence-electron chi connectivity index (χ1n) is 5.55. The Kier molecular flexibility index (Phi) is 6.03. The molecule has 1 aromatic carbocycles. The zero-order chi connectivity index (χ0) is 12.7. The van der Waals surface area contributed by atoms with Crippen LogP contribution in [-0.4, -0.2) is 18.6 Å². The van der Waals surface area contributed by atoms with Gasteiger partial charge in [-0.05, 0) is 36.6 Å². The van der Waals surface area contributed by atoms with Crippen LogP contribution in [0.15, 0.2) is 18.2 Å². The van der Waals surface area contributed by atoms with E-state index in [1.54, 1.807) is 12.1 Å². The molecule has 1 aromatic rings. The molecule has 2 nitrogen and oxygen atoms in total. The molecule has 4 heteroatoms. The third-order valence-electron chi connectivity index (χ3n) is 2.44. The Balaban J connectivity index is 2.45. The van der Waals surface area contributed by atoms with Crippen molar-refractivity contribution in [2.24, 2.45) is 5.92 Å². The van der Waals surface area contributed by atoms with Crippen molar-refractivity contribution in [2.75, 3.05) is 18.6 Å². The number of halogens is 1. The predicted octanol–water partition coefficient (Wildman–Crippen LogP) is 2.79. The highest BCUT2D eigenvalue weighted by Crippen LogP contribution is 2.10. The molecule has 0 aliphatic heterocycles. The Morgan fingerprint density at radius 1 is 1.53 bits per heavy atom. The lowest BCUT2D eigenvalue weighted by Crippen LogP contribution is -2.22.